The third-order valence-electron chi connectivity index (χ3n) is 7.25. The number of halogens is 3. The van der Waals surface area contributed by atoms with Crippen LogP contribution >= 0.6 is 0 Å². The highest BCUT2D eigenvalue weighted by atomic mass is 19.4. The van der Waals surface area contributed by atoms with Gasteiger partial charge in [-0.3, -0.25) is 4.79 Å². The SMILES string of the molecule is N[C@H]1CC[C@H](NC(=O)C23CC4CC(C2)CC(C(F)(F)F)(C4)C3)CC1. The van der Waals surface area contributed by atoms with Gasteiger partial charge in [-0.2, -0.15) is 13.2 Å². The van der Waals surface area contributed by atoms with Crippen LogP contribution in [0.2, 0.25) is 0 Å². The largest absolute Gasteiger partial charge is 0.394 e. The van der Waals surface area contributed by atoms with Crippen LogP contribution in [-0.2, 0) is 4.79 Å². The highest BCUT2D eigenvalue weighted by Gasteiger charge is 2.68. The van der Waals surface area contributed by atoms with Crippen LogP contribution in [-0.4, -0.2) is 24.2 Å². The fraction of sp³-hybridized carbons (Fsp3) is 0.944. The lowest BCUT2D eigenvalue weighted by Gasteiger charge is -2.61. The summed E-state index contributed by atoms with van der Waals surface area (Å²) in [7, 11) is 0. The summed E-state index contributed by atoms with van der Waals surface area (Å²) in [5, 5.41) is 3.10. The summed E-state index contributed by atoms with van der Waals surface area (Å²) in [6.07, 6.45) is 1.94. The molecule has 0 aromatic rings. The minimum absolute atomic E-state index is 0.00850. The van der Waals surface area contributed by atoms with Crippen molar-refractivity contribution in [2.75, 3.05) is 0 Å². The number of carbonyl (C=O) groups is 1. The Kier molecular flexibility index (Phi) is 3.72. The van der Waals surface area contributed by atoms with E-state index in [2.05, 4.69) is 5.32 Å². The summed E-state index contributed by atoms with van der Waals surface area (Å²) in [6.45, 7) is 0. The van der Waals surface area contributed by atoms with Gasteiger partial charge in [0.05, 0.1) is 10.8 Å². The van der Waals surface area contributed by atoms with E-state index < -0.39 is 17.0 Å². The predicted molar refractivity (Wildman–Crippen MR) is 84.0 cm³/mol. The van der Waals surface area contributed by atoms with Crippen molar-refractivity contribution in [2.45, 2.75) is 82.5 Å². The second-order valence-corrected chi connectivity index (χ2v) is 9.10. The van der Waals surface area contributed by atoms with Crippen molar-refractivity contribution in [3.8, 4) is 0 Å². The summed E-state index contributed by atoms with van der Waals surface area (Å²) >= 11 is 0. The van der Waals surface area contributed by atoms with E-state index in [1.807, 2.05) is 0 Å². The second-order valence-electron chi connectivity index (χ2n) is 9.10. The first kappa shape index (κ1) is 16.7. The van der Waals surface area contributed by atoms with E-state index >= 15 is 0 Å². The number of alkyl halides is 3. The smallest absolute Gasteiger partial charge is 0.353 e. The van der Waals surface area contributed by atoms with Gasteiger partial charge in [0.15, 0.2) is 0 Å². The molecule has 5 rings (SSSR count). The van der Waals surface area contributed by atoms with Gasteiger partial charge in [0, 0.05) is 12.1 Å². The zero-order chi connectivity index (χ0) is 17.2. The van der Waals surface area contributed by atoms with Crippen LogP contribution in [0.4, 0.5) is 13.2 Å². The lowest BCUT2D eigenvalue weighted by molar-refractivity contribution is -0.283. The maximum Gasteiger partial charge on any atom is 0.394 e. The lowest BCUT2D eigenvalue weighted by Crippen LogP contribution is -2.62. The lowest BCUT2D eigenvalue weighted by atomic mass is 9.43. The molecule has 2 unspecified atom stereocenters. The van der Waals surface area contributed by atoms with Gasteiger partial charge in [0.25, 0.3) is 0 Å². The summed E-state index contributed by atoms with van der Waals surface area (Å²) in [4.78, 5) is 13.0. The van der Waals surface area contributed by atoms with Gasteiger partial charge in [-0.1, -0.05) is 0 Å². The van der Waals surface area contributed by atoms with Crippen molar-refractivity contribution in [2.24, 2.45) is 28.4 Å². The number of carbonyl (C=O) groups excluding carboxylic acids is 1. The van der Waals surface area contributed by atoms with E-state index in [-0.39, 0.29) is 49.1 Å². The molecular weight excluding hydrogens is 317 g/mol. The summed E-state index contributed by atoms with van der Waals surface area (Å²) in [5.41, 5.74) is 3.52. The van der Waals surface area contributed by atoms with Crippen LogP contribution in [0.5, 0.6) is 0 Å². The first-order valence-corrected chi connectivity index (χ1v) is 9.35. The normalized spacial score (nSPS) is 47.7. The average Bonchev–Trinajstić information content (AvgIpc) is 2.47. The van der Waals surface area contributed by atoms with Crippen molar-refractivity contribution >= 4 is 5.91 Å². The van der Waals surface area contributed by atoms with Crippen LogP contribution in [0.3, 0.4) is 0 Å². The molecule has 5 fully saturated rings. The predicted octanol–water partition coefficient (Wildman–Crippen LogP) is 3.52. The van der Waals surface area contributed by atoms with Crippen LogP contribution in [0.1, 0.15) is 64.2 Å². The third-order valence-corrected chi connectivity index (χ3v) is 7.25. The zero-order valence-corrected chi connectivity index (χ0v) is 14.0. The van der Waals surface area contributed by atoms with E-state index in [4.69, 9.17) is 5.73 Å². The van der Waals surface area contributed by atoms with Gasteiger partial charge in [-0.05, 0) is 76.0 Å². The van der Waals surface area contributed by atoms with E-state index in [0.29, 0.717) is 12.8 Å². The molecule has 0 saturated heterocycles. The van der Waals surface area contributed by atoms with Crippen LogP contribution < -0.4 is 11.1 Å². The van der Waals surface area contributed by atoms with Gasteiger partial charge >= 0.3 is 6.18 Å². The number of hydrogen-bond donors (Lipinski definition) is 2. The molecule has 0 aliphatic heterocycles. The average molecular weight is 344 g/mol. The number of nitrogens with one attached hydrogen (secondary N) is 1. The molecular formula is C18H27F3N2O. The number of hydrogen-bond acceptors (Lipinski definition) is 2. The van der Waals surface area contributed by atoms with Crippen LogP contribution in [0.15, 0.2) is 0 Å². The first-order chi connectivity index (χ1) is 11.2. The molecule has 3 N–H and O–H groups in total. The Hall–Kier alpha value is -0.780. The Balaban J connectivity index is 1.53. The molecule has 5 aliphatic rings. The van der Waals surface area contributed by atoms with Gasteiger partial charge in [-0.25, -0.2) is 0 Å². The highest BCUT2D eigenvalue weighted by molar-refractivity contribution is 5.83. The van der Waals surface area contributed by atoms with Crippen LogP contribution in [0, 0.1) is 22.7 Å². The Morgan fingerprint density at radius 3 is 2.12 bits per heavy atom. The zero-order valence-electron chi connectivity index (χ0n) is 14.0. The van der Waals surface area contributed by atoms with E-state index in [1.54, 1.807) is 0 Å². The molecule has 0 heterocycles. The topological polar surface area (TPSA) is 55.1 Å². The van der Waals surface area contributed by atoms with E-state index in [9.17, 15) is 18.0 Å². The maximum absolute atomic E-state index is 13.8. The molecule has 5 saturated carbocycles. The molecule has 0 aromatic carbocycles. The minimum Gasteiger partial charge on any atom is -0.353 e. The van der Waals surface area contributed by atoms with E-state index in [0.717, 1.165) is 32.1 Å². The highest BCUT2D eigenvalue weighted by Crippen LogP contribution is 2.69. The second kappa shape index (κ2) is 5.36. The minimum atomic E-state index is -4.19. The Morgan fingerprint density at radius 2 is 1.58 bits per heavy atom. The number of rotatable bonds is 2. The summed E-state index contributed by atoms with van der Waals surface area (Å²) in [5.74, 6) is 0.0301. The molecule has 136 valence electrons. The number of amides is 1. The maximum atomic E-state index is 13.8. The van der Waals surface area contributed by atoms with Gasteiger partial charge in [0.2, 0.25) is 5.91 Å². The molecule has 6 heteroatoms. The number of nitrogens with two attached hydrogens (primary N) is 1. The van der Waals surface area contributed by atoms with Crippen molar-refractivity contribution in [1.29, 1.82) is 0 Å². The third kappa shape index (κ3) is 2.56. The fourth-order valence-electron chi connectivity index (χ4n) is 6.46. The quantitative estimate of drug-likeness (QED) is 0.805. The Morgan fingerprint density at radius 1 is 1.00 bits per heavy atom. The molecule has 2 atom stereocenters. The summed E-state index contributed by atoms with van der Waals surface area (Å²) in [6, 6.07) is 0.290. The van der Waals surface area contributed by atoms with Gasteiger partial charge in [0.1, 0.15) is 0 Å². The first-order valence-electron chi connectivity index (χ1n) is 9.35. The van der Waals surface area contributed by atoms with Crippen molar-refractivity contribution in [3.05, 3.63) is 0 Å². The molecule has 0 aromatic heterocycles. The standard InChI is InChI=1S/C18H27F3N2O/c19-18(20,21)17-8-11-5-12(9-17)7-16(6-11,10-17)15(24)23-14-3-1-13(22)2-4-14/h11-14H,1-10,22H2,(H,23,24)/t11?,12?,13-,14-,16?,17?. The summed E-state index contributed by atoms with van der Waals surface area (Å²) < 4.78 is 41.4. The van der Waals surface area contributed by atoms with Crippen molar-refractivity contribution in [1.82, 2.24) is 5.32 Å². The van der Waals surface area contributed by atoms with Gasteiger partial charge < -0.3 is 11.1 Å². The molecule has 1 amide bonds. The van der Waals surface area contributed by atoms with Crippen molar-refractivity contribution in [3.63, 3.8) is 0 Å². The van der Waals surface area contributed by atoms with E-state index in [1.165, 1.54) is 0 Å². The van der Waals surface area contributed by atoms with Gasteiger partial charge in [-0.15, -0.1) is 0 Å². The molecule has 3 nitrogen and oxygen atoms in total. The molecule has 0 radical (unpaired) electrons. The Bertz CT molecular complexity index is 511. The Labute approximate surface area is 140 Å². The monoisotopic (exact) mass is 344 g/mol. The fourth-order valence-corrected chi connectivity index (χ4v) is 6.46. The molecule has 5 aliphatic carbocycles. The molecule has 0 spiro atoms. The van der Waals surface area contributed by atoms with Crippen molar-refractivity contribution < 1.29 is 18.0 Å². The molecule has 24 heavy (non-hydrogen) atoms. The molecule has 4 bridgehead atoms. The van der Waals surface area contributed by atoms with Crippen LogP contribution in [0.25, 0.3) is 0 Å².